The number of Topliss-reactive ketones (excluding diaryl/α,β-unsaturated/α-hetero) is 4. The second-order valence-corrected chi connectivity index (χ2v) is 55.4. The number of carbonyl (C=O) groups excluding carboxylic acids is 4. The third-order valence-electron chi connectivity index (χ3n) is 50.1. The largest absolute Gasteiger partial charge is 0.393 e. The molecule has 0 saturated heterocycles. The first-order chi connectivity index (χ1) is 61.5. The quantitative estimate of drug-likeness (QED) is 0.0920. The van der Waals surface area contributed by atoms with Crippen molar-refractivity contribution in [3.05, 3.63) is 0 Å². The van der Waals surface area contributed by atoms with Crippen LogP contribution in [-0.2, 0) is 19.2 Å². The van der Waals surface area contributed by atoms with Gasteiger partial charge in [-0.25, -0.2) is 0 Å². The van der Waals surface area contributed by atoms with Crippen LogP contribution >= 0.6 is 0 Å². The Labute approximate surface area is 795 Å². The summed E-state index contributed by atoms with van der Waals surface area (Å²) in [5.74, 6) is 21.1. The van der Waals surface area contributed by atoms with Gasteiger partial charge >= 0.3 is 0 Å². The Morgan fingerprint density at radius 1 is 0.246 bits per heavy atom. The van der Waals surface area contributed by atoms with Crippen molar-refractivity contribution in [3.63, 3.8) is 0 Å². The summed E-state index contributed by atoms with van der Waals surface area (Å²) < 4.78 is 0. The molecule has 10 nitrogen and oxygen atoms in total. The standard InChI is InChI=1S/2C24H42O2.2C24H40O2.C24H38O2/c5*1-5-6-15(2)18-7-8-19-22-20(10-12-24(18,19)4)23(3)11-9-17(25)13-16(23)14-21(22)26/h2*15-22,25-26H,5-14H2,1-4H3;15-16,18-22,26H,5-14H2,1-4H3;15-20,22,25H,5-14H2,1-4H3;15-16,18-20,22H,5-14H2,1-4H3/t15-,16+,17-,18-,19+,20+,21+,22+,23+,24-;15-,16+,17-,18-,19+,20+,21-,22+,23+,24-;15-,16+,18-,19+,20+,21-,22+,23+,24-;15-,16+,17-,18-,19+,20+,22+,23+,24-;15-,16+,18-,19+,20+,22+,23+,24-/m11111/s1. The lowest BCUT2D eigenvalue weighted by Gasteiger charge is -2.62. The van der Waals surface area contributed by atoms with Crippen LogP contribution in [0.5, 0.6) is 0 Å². The first kappa shape index (κ1) is 101. The van der Waals surface area contributed by atoms with Crippen molar-refractivity contribution >= 4 is 23.1 Å². The third-order valence-corrected chi connectivity index (χ3v) is 50.1. The van der Waals surface area contributed by atoms with Gasteiger partial charge in [-0.05, 0) is 438 Å². The summed E-state index contributed by atoms with van der Waals surface area (Å²) in [5, 5.41) is 64.3. The van der Waals surface area contributed by atoms with Gasteiger partial charge in [0.2, 0.25) is 0 Å². The van der Waals surface area contributed by atoms with E-state index in [9.17, 15) is 49.8 Å². The summed E-state index contributed by atoms with van der Waals surface area (Å²) in [7, 11) is 0. The maximum Gasteiger partial charge on any atom is 0.136 e. The molecule has 0 unspecified atom stereocenters. The molecule has 0 radical (unpaired) electrons. The zero-order valence-electron chi connectivity index (χ0n) is 87.5. The molecule has 0 aromatic carbocycles. The first-order valence-electron chi connectivity index (χ1n) is 57.7. The highest BCUT2D eigenvalue weighted by atomic mass is 16.3. The van der Waals surface area contributed by atoms with Gasteiger partial charge in [0.25, 0.3) is 0 Å². The molecule has 10 heteroatoms. The number of fused-ring (bicyclic) bond motifs is 25. The van der Waals surface area contributed by atoms with Gasteiger partial charge in [-0.15, -0.1) is 0 Å². The summed E-state index contributed by atoms with van der Waals surface area (Å²) in [6.45, 7) is 49.2. The maximum atomic E-state index is 13.3. The van der Waals surface area contributed by atoms with Crippen LogP contribution in [0.2, 0.25) is 0 Å². The zero-order valence-corrected chi connectivity index (χ0v) is 87.5. The van der Waals surface area contributed by atoms with E-state index in [1.807, 2.05) is 0 Å². The van der Waals surface area contributed by atoms with E-state index in [4.69, 9.17) is 0 Å². The van der Waals surface area contributed by atoms with Gasteiger partial charge < -0.3 is 30.6 Å². The highest BCUT2D eigenvalue weighted by molar-refractivity contribution is 5.86. The van der Waals surface area contributed by atoms with Crippen molar-refractivity contribution in [3.8, 4) is 0 Å². The van der Waals surface area contributed by atoms with Gasteiger partial charge in [0.15, 0.2) is 0 Å². The van der Waals surface area contributed by atoms with Crippen molar-refractivity contribution < 1.29 is 49.8 Å². The Bertz CT molecular complexity index is 3770. The topological polar surface area (TPSA) is 190 Å². The Morgan fingerprint density at radius 2 is 0.462 bits per heavy atom. The lowest BCUT2D eigenvalue weighted by Crippen LogP contribution is -2.58. The Balaban J connectivity index is 0.000000119. The van der Waals surface area contributed by atoms with Crippen molar-refractivity contribution in [2.24, 2.45) is 232 Å². The van der Waals surface area contributed by atoms with Crippen molar-refractivity contribution in [1.82, 2.24) is 0 Å². The zero-order chi connectivity index (χ0) is 93.4. The SMILES string of the molecule is CCC[C@@H](C)[C@H]1CC[C@H]2[C@@H]3C(=O)C[C@@H]4CC(=O)CC[C@]4(C)[C@H]3CC[C@]12C.CCC[C@@H](C)[C@H]1CC[C@H]2[C@@H]3C(=O)C[C@@H]4C[C@H](O)CC[C@]4(C)[C@H]3CC[C@]12C.CCC[C@@H](C)[C@H]1CC[C@H]2[C@@H]3[C@@H](O)C[C@@H]4C[C@H](O)CC[C@]4(C)[C@H]3CC[C@]12C.CCC[C@@H](C)[C@H]1CC[C@H]2[C@@H]3[C@H](O)C[C@@H]4CC(=O)CC[C@]4(C)[C@H]3CC[C@]12C.CCC[C@@H](C)[C@H]1CC[C@H]2[C@@H]3[C@H](O)C[C@@H]4C[C@H](O)CC[C@]4(C)[C@H]3CC[C@]12C. The molecule has 0 amide bonds. The van der Waals surface area contributed by atoms with Crippen molar-refractivity contribution in [2.45, 2.75) is 496 Å². The van der Waals surface area contributed by atoms with E-state index in [0.717, 1.165) is 174 Å². The lowest BCUT2D eigenvalue weighted by molar-refractivity contribution is -0.174. The molecule has 0 spiro atoms. The molecule has 46 atom stereocenters. The van der Waals surface area contributed by atoms with Gasteiger partial charge in [-0.1, -0.05) is 203 Å². The molecule has 0 heterocycles. The molecule has 0 aliphatic heterocycles. The summed E-state index contributed by atoms with van der Waals surface area (Å²) >= 11 is 0. The number of rotatable bonds is 15. The third kappa shape index (κ3) is 17.4. The monoisotopic (exact) mass is 1800 g/mol. The fourth-order valence-corrected chi connectivity index (χ4v) is 43.2. The Hall–Kier alpha value is -1.56. The lowest BCUT2D eigenvalue weighted by atomic mass is 9.43. The fraction of sp³-hybridized carbons (Fsp3) is 0.967. The minimum Gasteiger partial charge on any atom is -0.393 e. The highest BCUT2D eigenvalue weighted by Crippen LogP contribution is 2.76. The number of hydrogen-bond donors (Lipinski definition) is 6. The summed E-state index contributed by atoms with van der Waals surface area (Å²) in [5.41, 5.74) is 3.66. The van der Waals surface area contributed by atoms with Crippen LogP contribution in [0.4, 0.5) is 0 Å². The number of aliphatic hydroxyl groups is 6. The smallest absolute Gasteiger partial charge is 0.136 e. The summed E-state index contributed by atoms with van der Waals surface area (Å²) in [4.78, 5) is 50.7. The average Bonchev–Trinajstić information content (AvgIpc) is 1.44. The molecule has 20 saturated carbocycles. The Morgan fingerprint density at radius 3 is 0.777 bits per heavy atom. The average molecular weight is 1800 g/mol. The van der Waals surface area contributed by atoms with Crippen LogP contribution in [-0.4, -0.2) is 90.4 Å². The predicted octanol–water partition coefficient (Wildman–Crippen LogP) is 27.9. The predicted molar refractivity (Wildman–Crippen MR) is 529 cm³/mol. The molecular formula is C120H202O10. The van der Waals surface area contributed by atoms with Crippen molar-refractivity contribution in [1.29, 1.82) is 0 Å². The first-order valence-corrected chi connectivity index (χ1v) is 57.7. The minimum absolute atomic E-state index is 0.128. The van der Waals surface area contributed by atoms with Crippen LogP contribution in [0.25, 0.3) is 0 Å². The van der Waals surface area contributed by atoms with Crippen LogP contribution in [0, 0.1) is 232 Å². The number of ketones is 4. The molecule has 0 aromatic heterocycles. The van der Waals surface area contributed by atoms with E-state index in [1.165, 1.54) is 205 Å². The molecule has 0 bridgehead atoms. The van der Waals surface area contributed by atoms with E-state index in [2.05, 4.69) is 138 Å². The molecular weight excluding hydrogens is 1600 g/mol. The van der Waals surface area contributed by atoms with E-state index >= 15 is 0 Å². The van der Waals surface area contributed by atoms with Crippen LogP contribution < -0.4 is 0 Å². The van der Waals surface area contributed by atoms with Crippen LogP contribution in [0.1, 0.15) is 460 Å². The molecule has 20 fully saturated rings. The second kappa shape index (κ2) is 39.0. The van der Waals surface area contributed by atoms with E-state index in [0.29, 0.717) is 191 Å². The van der Waals surface area contributed by atoms with E-state index in [-0.39, 0.29) is 42.0 Å². The van der Waals surface area contributed by atoms with Gasteiger partial charge in [0.05, 0.1) is 36.6 Å². The molecule has 0 aromatic rings. The molecule has 20 rings (SSSR count). The van der Waals surface area contributed by atoms with Gasteiger partial charge in [0, 0.05) is 50.4 Å². The molecule has 20 aliphatic carbocycles. The summed E-state index contributed by atoms with van der Waals surface area (Å²) in [6.07, 6.45) is 57.2. The molecule has 742 valence electrons. The molecule has 6 N–H and O–H groups in total. The van der Waals surface area contributed by atoms with E-state index in [1.54, 1.807) is 0 Å². The molecule has 130 heavy (non-hydrogen) atoms. The summed E-state index contributed by atoms with van der Waals surface area (Å²) in [6, 6.07) is 0. The number of carbonyl (C=O) groups is 4. The highest BCUT2D eigenvalue weighted by Gasteiger charge is 2.70. The number of aliphatic hydroxyl groups excluding tert-OH is 6. The van der Waals surface area contributed by atoms with Gasteiger partial charge in [-0.3, -0.25) is 19.2 Å². The van der Waals surface area contributed by atoms with Crippen LogP contribution in [0.15, 0.2) is 0 Å². The normalized spacial score (nSPS) is 52.7. The second-order valence-electron chi connectivity index (χ2n) is 55.4. The molecule has 20 aliphatic rings. The van der Waals surface area contributed by atoms with Crippen molar-refractivity contribution in [2.75, 3.05) is 0 Å². The van der Waals surface area contributed by atoms with Crippen LogP contribution in [0.3, 0.4) is 0 Å². The Kier molecular flexibility index (Phi) is 30.4. The maximum absolute atomic E-state index is 13.3. The van der Waals surface area contributed by atoms with E-state index < -0.39 is 0 Å². The fourth-order valence-electron chi connectivity index (χ4n) is 43.2. The van der Waals surface area contributed by atoms with Gasteiger partial charge in [-0.2, -0.15) is 0 Å². The van der Waals surface area contributed by atoms with Gasteiger partial charge in [0.1, 0.15) is 23.1 Å². The number of hydrogen-bond acceptors (Lipinski definition) is 10. The minimum atomic E-state index is -0.172.